The first kappa shape index (κ1) is 20.9. The molecule has 0 bridgehead atoms. The molecule has 0 fully saturated rings. The highest BCUT2D eigenvalue weighted by Gasteiger charge is 2.15. The molecule has 3 aromatic rings. The largest absolute Gasteiger partial charge is 0.439 e. The molecule has 154 valence electrons. The van der Waals surface area contributed by atoms with E-state index in [-0.39, 0.29) is 24.1 Å². The Hall–Kier alpha value is -3.81. The van der Waals surface area contributed by atoms with Crippen LogP contribution in [0.25, 0.3) is 0 Å². The molecule has 30 heavy (non-hydrogen) atoms. The van der Waals surface area contributed by atoms with Crippen molar-refractivity contribution < 1.29 is 18.7 Å². The quantitative estimate of drug-likeness (QED) is 0.676. The Morgan fingerprint density at radius 2 is 1.93 bits per heavy atom. The SMILES string of the molecule is Cc1nc(C(=O)N(C)C)ccc1C(=O)NCc1ccc(Oc2cccc(F)c2)nc1. The predicted octanol–water partition coefficient (Wildman–Crippen LogP) is 3.35. The molecule has 2 amide bonds. The first-order chi connectivity index (χ1) is 14.3. The van der Waals surface area contributed by atoms with E-state index in [9.17, 15) is 14.0 Å². The van der Waals surface area contributed by atoms with Crippen LogP contribution in [0.3, 0.4) is 0 Å². The van der Waals surface area contributed by atoms with Gasteiger partial charge in [-0.2, -0.15) is 0 Å². The first-order valence-corrected chi connectivity index (χ1v) is 9.19. The van der Waals surface area contributed by atoms with Gasteiger partial charge in [-0.15, -0.1) is 0 Å². The summed E-state index contributed by atoms with van der Waals surface area (Å²) in [4.78, 5) is 34.3. The summed E-state index contributed by atoms with van der Waals surface area (Å²) in [5.41, 5.74) is 1.91. The van der Waals surface area contributed by atoms with E-state index in [1.54, 1.807) is 57.5 Å². The molecule has 0 aliphatic rings. The van der Waals surface area contributed by atoms with E-state index in [4.69, 9.17) is 4.74 Å². The highest BCUT2D eigenvalue weighted by atomic mass is 19.1. The van der Waals surface area contributed by atoms with Crippen molar-refractivity contribution in [3.63, 3.8) is 0 Å². The van der Waals surface area contributed by atoms with Crippen molar-refractivity contribution in [2.75, 3.05) is 14.1 Å². The van der Waals surface area contributed by atoms with Gasteiger partial charge in [0.1, 0.15) is 17.3 Å². The van der Waals surface area contributed by atoms with E-state index in [1.165, 1.54) is 23.1 Å². The number of pyridine rings is 2. The van der Waals surface area contributed by atoms with Gasteiger partial charge in [0, 0.05) is 39.0 Å². The van der Waals surface area contributed by atoms with Crippen molar-refractivity contribution in [3.8, 4) is 11.6 Å². The highest BCUT2D eigenvalue weighted by molar-refractivity contribution is 5.97. The second-order valence-electron chi connectivity index (χ2n) is 6.78. The smallest absolute Gasteiger partial charge is 0.271 e. The third-order valence-corrected chi connectivity index (χ3v) is 4.22. The van der Waals surface area contributed by atoms with Crippen molar-refractivity contribution in [1.82, 2.24) is 20.2 Å². The fourth-order valence-electron chi connectivity index (χ4n) is 2.65. The maximum absolute atomic E-state index is 13.2. The van der Waals surface area contributed by atoms with E-state index in [0.717, 1.165) is 5.56 Å². The molecule has 0 unspecified atom stereocenters. The minimum Gasteiger partial charge on any atom is -0.439 e. The number of rotatable bonds is 6. The normalized spacial score (nSPS) is 10.4. The van der Waals surface area contributed by atoms with Crippen LogP contribution in [-0.4, -0.2) is 40.8 Å². The van der Waals surface area contributed by atoms with Gasteiger partial charge in [0.25, 0.3) is 11.8 Å². The van der Waals surface area contributed by atoms with Crippen molar-refractivity contribution >= 4 is 11.8 Å². The standard InChI is InChI=1S/C22H21FN4O3/c1-14-18(8-9-19(26-14)22(29)27(2)3)21(28)25-13-15-7-10-20(24-12-15)30-17-6-4-5-16(23)11-17/h4-12H,13H2,1-3H3,(H,25,28). The average Bonchev–Trinajstić information content (AvgIpc) is 2.72. The average molecular weight is 408 g/mol. The van der Waals surface area contributed by atoms with Gasteiger partial charge < -0.3 is 15.0 Å². The number of hydrogen-bond donors (Lipinski definition) is 1. The van der Waals surface area contributed by atoms with Crippen LogP contribution >= 0.6 is 0 Å². The first-order valence-electron chi connectivity index (χ1n) is 9.19. The van der Waals surface area contributed by atoms with Crippen LogP contribution in [0, 0.1) is 12.7 Å². The number of amides is 2. The van der Waals surface area contributed by atoms with Gasteiger partial charge in [-0.1, -0.05) is 12.1 Å². The predicted molar refractivity (Wildman–Crippen MR) is 109 cm³/mol. The Labute approximate surface area is 173 Å². The third kappa shape index (κ3) is 5.16. The maximum Gasteiger partial charge on any atom is 0.271 e. The molecule has 2 heterocycles. The molecule has 0 atom stereocenters. The van der Waals surface area contributed by atoms with Crippen LogP contribution in [0.5, 0.6) is 11.6 Å². The van der Waals surface area contributed by atoms with Crippen molar-refractivity contribution in [2.24, 2.45) is 0 Å². The van der Waals surface area contributed by atoms with Crippen LogP contribution < -0.4 is 10.1 Å². The molecule has 2 aromatic heterocycles. The molecular weight excluding hydrogens is 387 g/mol. The lowest BCUT2D eigenvalue weighted by Gasteiger charge is -2.12. The third-order valence-electron chi connectivity index (χ3n) is 4.22. The number of nitrogens with one attached hydrogen (secondary N) is 1. The summed E-state index contributed by atoms with van der Waals surface area (Å²) in [7, 11) is 3.28. The zero-order valence-corrected chi connectivity index (χ0v) is 16.8. The van der Waals surface area contributed by atoms with Gasteiger partial charge in [0.15, 0.2) is 0 Å². The van der Waals surface area contributed by atoms with Gasteiger partial charge in [-0.05, 0) is 36.8 Å². The number of ether oxygens (including phenoxy) is 1. The second-order valence-corrected chi connectivity index (χ2v) is 6.78. The fourth-order valence-corrected chi connectivity index (χ4v) is 2.65. The van der Waals surface area contributed by atoms with Crippen LogP contribution in [0.2, 0.25) is 0 Å². The highest BCUT2D eigenvalue weighted by Crippen LogP contribution is 2.20. The zero-order chi connectivity index (χ0) is 21.7. The summed E-state index contributed by atoms with van der Waals surface area (Å²) in [5, 5.41) is 2.80. The topological polar surface area (TPSA) is 84.4 Å². The molecule has 1 aromatic carbocycles. The van der Waals surface area contributed by atoms with Gasteiger partial charge >= 0.3 is 0 Å². The van der Waals surface area contributed by atoms with Crippen LogP contribution in [-0.2, 0) is 6.54 Å². The molecular formula is C22H21FN4O3. The van der Waals surface area contributed by atoms with Gasteiger partial charge in [-0.25, -0.2) is 14.4 Å². The number of hydrogen-bond acceptors (Lipinski definition) is 5. The Morgan fingerprint density at radius 1 is 1.13 bits per heavy atom. The molecule has 0 radical (unpaired) electrons. The number of benzene rings is 1. The number of carbonyl (C=O) groups excluding carboxylic acids is 2. The summed E-state index contributed by atoms with van der Waals surface area (Å²) < 4.78 is 18.7. The summed E-state index contributed by atoms with van der Waals surface area (Å²) in [5.74, 6) is -0.254. The van der Waals surface area contributed by atoms with E-state index in [0.29, 0.717) is 22.9 Å². The van der Waals surface area contributed by atoms with E-state index in [2.05, 4.69) is 15.3 Å². The molecule has 1 N–H and O–H groups in total. The van der Waals surface area contributed by atoms with Crippen molar-refractivity contribution in [1.29, 1.82) is 0 Å². The van der Waals surface area contributed by atoms with E-state index < -0.39 is 5.82 Å². The molecule has 0 aliphatic carbocycles. The monoisotopic (exact) mass is 408 g/mol. The van der Waals surface area contributed by atoms with Crippen LogP contribution in [0.15, 0.2) is 54.7 Å². The van der Waals surface area contributed by atoms with E-state index in [1.807, 2.05) is 0 Å². The minimum atomic E-state index is -0.393. The Kier molecular flexibility index (Phi) is 6.36. The van der Waals surface area contributed by atoms with Crippen molar-refractivity contribution in [3.05, 3.63) is 83.1 Å². The summed E-state index contributed by atoms with van der Waals surface area (Å²) >= 11 is 0. The van der Waals surface area contributed by atoms with Crippen molar-refractivity contribution in [2.45, 2.75) is 13.5 Å². The summed E-state index contributed by atoms with van der Waals surface area (Å²) in [6.07, 6.45) is 1.57. The lowest BCUT2D eigenvalue weighted by atomic mass is 10.1. The zero-order valence-electron chi connectivity index (χ0n) is 16.8. The lowest BCUT2D eigenvalue weighted by molar-refractivity contribution is 0.0820. The van der Waals surface area contributed by atoms with E-state index >= 15 is 0 Å². The summed E-state index contributed by atoms with van der Waals surface area (Å²) in [6, 6.07) is 12.3. The second kappa shape index (κ2) is 9.13. The Balaban J connectivity index is 1.60. The number of carbonyl (C=O) groups is 2. The lowest BCUT2D eigenvalue weighted by Crippen LogP contribution is -2.26. The Morgan fingerprint density at radius 3 is 2.57 bits per heavy atom. The molecule has 0 saturated heterocycles. The maximum atomic E-state index is 13.2. The van der Waals surface area contributed by atoms with Gasteiger partial charge in [0.05, 0.1) is 11.3 Å². The molecule has 0 aliphatic heterocycles. The summed E-state index contributed by atoms with van der Waals surface area (Å²) in [6.45, 7) is 1.94. The molecule has 8 heteroatoms. The fraction of sp³-hybridized carbons (Fsp3) is 0.182. The Bertz CT molecular complexity index is 1070. The number of aryl methyl sites for hydroxylation is 1. The van der Waals surface area contributed by atoms with Crippen LogP contribution in [0.4, 0.5) is 4.39 Å². The van der Waals surface area contributed by atoms with Gasteiger partial charge in [-0.3, -0.25) is 9.59 Å². The number of aromatic nitrogens is 2. The molecule has 0 spiro atoms. The number of nitrogens with zero attached hydrogens (tertiary/aromatic N) is 3. The molecule has 3 rings (SSSR count). The molecule has 0 saturated carbocycles. The van der Waals surface area contributed by atoms with Crippen LogP contribution in [0.1, 0.15) is 32.1 Å². The molecule has 7 nitrogen and oxygen atoms in total. The minimum absolute atomic E-state index is 0.225. The van der Waals surface area contributed by atoms with Gasteiger partial charge in [0.2, 0.25) is 5.88 Å². The number of halogens is 1.